The standard InChI is InChI=1S/C16H21N3O/c1-2-6-15-14(5-1)18(9-10-20-15)11-13-12-19-8-4-3-7-16(19)17-13/h3-4,7-8,12,14-15H,1-2,5-6,9-11H2. The van der Waals surface area contributed by atoms with E-state index in [1.54, 1.807) is 0 Å². The number of aromatic nitrogens is 2. The third kappa shape index (κ3) is 2.23. The Balaban J connectivity index is 1.54. The molecule has 3 heterocycles. The molecule has 1 saturated heterocycles. The first-order valence-electron chi connectivity index (χ1n) is 7.68. The molecule has 2 aromatic rings. The smallest absolute Gasteiger partial charge is 0.137 e. The highest BCUT2D eigenvalue weighted by molar-refractivity contribution is 5.39. The summed E-state index contributed by atoms with van der Waals surface area (Å²) in [6.45, 7) is 2.86. The van der Waals surface area contributed by atoms with Crippen LogP contribution in [0.5, 0.6) is 0 Å². The van der Waals surface area contributed by atoms with Crippen molar-refractivity contribution < 1.29 is 4.74 Å². The maximum Gasteiger partial charge on any atom is 0.137 e. The van der Waals surface area contributed by atoms with Gasteiger partial charge in [0, 0.05) is 31.5 Å². The number of imidazole rings is 1. The van der Waals surface area contributed by atoms with Gasteiger partial charge in [0.25, 0.3) is 0 Å². The Morgan fingerprint density at radius 1 is 1.25 bits per heavy atom. The average Bonchev–Trinajstić information content (AvgIpc) is 2.90. The monoisotopic (exact) mass is 271 g/mol. The summed E-state index contributed by atoms with van der Waals surface area (Å²) in [7, 11) is 0. The van der Waals surface area contributed by atoms with Crippen molar-refractivity contribution in [3.8, 4) is 0 Å². The minimum absolute atomic E-state index is 0.453. The molecule has 4 heteroatoms. The molecule has 106 valence electrons. The largest absolute Gasteiger partial charge is 0.375 e. The maximum absolute atomic E-state index is 5.94. The van der Waals surface area contributed by atoms with E-state index in [1.807, 2.05) is 12.1 Å². The number of morpholine rings is 1. The molecule has 0 aromatic carbocycles. The van der Waals surface area contributed by atoms with Gasteiger partial charge >= 0.3 is 0 Å². The quantitative estimate of drug-likeness (QED) is 0.840. The Morgan fingerprint density at radius 2 is 2.20 bits per heavy atom. The normalized spacial score (nSPS) is 27.6. The lowest BCUT2D eigenvalue weighted by Crippen LogP contribution is -2.52. The summed E-state index contributed by atoms with van der Waals surface area (Å²) in [5, 5.41) is 0. The molecule has 0 N–H and O–H groups in total. The van der Waals surface area contributed by atoms with E-state index in [2.05, 4.69) is 27.8 Å². The lowest BCUT2D eigenvalue weighted by atomic mass is 9.90. The van der Waals surface area contributed by atoms with E-state index >= 15 is 0 Å². The van der Waals surface area contributed by atoms with Crippen LogP contribution < -0.4 is 0 Å². The molecule has 2 aromatic heterocycles. The molecule has 20 heavy (non-hydrogen) atoms. The van der Waals surface area contributed by atoms with Crippen molar-refractivity contribution in [1.82, 2.24) is 14.3 Å². The first-order valence-corrected chi connectivity index (χ1v) is 7.68. The zero-order valence-electron chi connectivity index (χ0n) is 11.7. The number of hydrogen-bond donors (Lipinski definition) is 0. The van der Waals surface area contributed by atoms with Crippen LogP contribution in [0.25, 0.3) is 5.65 Å². The first kappa shape index (κ1) is 12.4. The van der Waals surface area contributed by atoms with Crippen molar-refractivity contribution in [3.63, 3.8) is 0 Å². The molecule has 2 aliphatic rings. The van der Waals surface area contributed by atoms with Crippen LogP contribution in [0.2, 0.25) is 0 Å². The summed E-state index contributed by atoms with van der Waals surface area (Å²) in [5.41, 5.74) is 2.21. The zero-order valence-corrected chi connectivity index (χ0v) is 11.7. The summed E-state index contributed by atoms with van der Waals surface area (Å²) in [4.78, 5) is 7.30. The van der Waals surface area contributed by atoms with Gasteiger partial charge in [-0.2, -0.15) is 0 Å². The Bertz CT molecular complexity index is 559. The van der Waals surface area contributed by atoms with E-state index in [9.17, 15) is 0 Å². The molecule has 0 radical (unpaired) electrons. The fraction of sp³-hybridized carbons (Fsp3) is 0.562. The Hall–Kier alpha value is -1.39. The van der Waals surface area contributed by atoms with Gasteiger partial charge in [-0.25, -0.2) is 4.98 Å². The van der Waals surface area contributed by atoms with Gasteiger partial charge in [-0.05, 0) is 25.0 Å². The molecule has 1 aliphatic carbocycles. The number of nitrogens with zero attached hydrogens (tertiary/aromatic N) is 3. The molecule has 2 unspecified atom stereocenters. The fourth-order valence-corrected chi connectivity index (χ4v) is 3.64. The van der Waals surface area contributed by atoms with Crippen molar-refractivity contribution in [2.75, 3.05) is 13.2 Å². The second kappa shape index (κ2) is 5.19. The molecule has 2 atom stereocenters. The van der Waals surface area contributed by atoms with Crippen LogP contribution in [-0.2, 0) is 11.3 Å². The number of fused-ring (bicyclic) bond motifs is 2. The van der Waals surface area contributed by atoms with E-state index in [1.165, 1.54) is 31.4 Å². The average molecular weight is 271 g/mol. The number of ether oxygens (including phenoxy) is 1. The van der Waals surface area contributed by atoms with E-state index < -0.39 is 0 Å². The summed E-state index contributed by atoms with van der Waals surface area (Å²) in [6.07, 6.45) is 9.84. The molecule has 2 fully saturated rings. The summed E-state index contributed by atoms with van der Waals surface area (Å²) in [5.74, 6) is 0. The predicted octanol–water partition coefficient (Wildman–Crippen LogP) is 2.48. The van der Waals surface area contributed by atoms with Crippen LogP contribution in [-0.4, -0.2) is 39.6 Å². The van der Waals surface area contributed by atoms with Crippen molar-refractivity contribution in [2.24, 2.45) is 0 Å². The van der Waals surface area contributed by atoms with Gasteiger partial charge in [-0.15, -0.1) is 0 Å². The van der Waals surface area contributed by atoms with Gasteiger partial charge in [0.15, 0.2) is 0 Å². The third-order valence-electron chi connectivity index (χ3n) is 4.63. The van der Waals surface area contributed by atoms with Crippen LogP contribution in [0, 0.1) is 0 Å². The Morgan fingerprint density at radius 3 is 3.15 bits per heavy atom. The van der Waals surface area contributed by atoms with Crippen LogP contribution in [0.15, 0.2) is 30.6 Å². The molecular formula is C16H21N3O. The van der Waals surface area contributed by atoms with Crippen molar-refractivity contribution >= 4 is 5.65 Å². The molecule has 0 spiro atoms. The van der Waals surface area contributed by atoms with Crippen LogP contribution in [0.3, 0.4) is 0 Å². The Labute approximate surface area is 119 Å². The molecule has 4 rings (SSSR count). The minimum Gasteiger partial charge on any atom is -0.375 e. The predicted molar refractivity (Wildman–Crippen MR) is 77.6 cm³/mol. The van der Waals surface area contributed by atoms with E-state index in [-0.39, 0.29) is 0 Å². The maximum atomic E-state index is 5.94. The van der Waals surface area contributed by atoms with Crippen molar-refractivity contribution in [3.05, 3.63) is 36.3 Å². The lowest BCUT2D eigenvalue weighted by Gasteiger charge is -2.43. The van der Waals surface area contributed by atoms with Crippen LogP contribution >= 0.6 is 0 Å². The van der Waals surface area contributed by atoms with Crippen molar-refractivity contribution in [1.29, 1.82) is 0 Å². The van der Waals surface area contributed by atoms with Crippen LogP contribution in [0.1, 0.15) is 31.4 Å². The summed E-state index contributed by atoms with van der Waals surface area (Å²) in [6, 6.07) is 6.75. The fourth-order valence-electron chi connectivity index (χ4n) is 3.64. The van der Waals surface area contributed by atoms with Gasteiger partial charge in [-0.1, -0.05) is 18.9 Å². The molecule has 1 saturated carbocycles. The van der Waals surface area contributed by atoms with Gasteiger partial charge < -0.3 is 9.14 Å². The highest BCUT2D eigenvalue weighted by Crippen LogP contribution is 2.29. The summed E-state index contributed by atoms with van der Waals surface area (Å²) < 4.78 is 8.05. The zero-order chi connectivity index (χ0) is 13.4. The van der Waals surface area contributed by atoms with E-state index in [0.717, 1.165) is 25.3 Å². The summed E-state index contributed by atoms with van der Waals surface area (Å²) >= 11 is 0. The topological polar surface area (TPSA) is 29.8 Å². The minimum atomic E-state index is 0.453. The lowest BCUT2D eigenvalue weighted by molar-refractivity contribution is -0.0914. The second-order valence-electron chi connectivity index (χ2n) is 5.93. The van der Waals surface area contributed by atoms with Gasteiger partial charge in [0.2, 0.25) is 0 Å². The molecule has 4 nitrogen and oxygen atoms in total. The highest BCUT2D eigenvalue weighted by atomic mass is 16.5. The molecule has 0 amide bonds. The van der Waals surface area contributed by atoms with Crippen LogP contribution in [0.4, 0.5) is 0 Å². The third-order valence-corrected chi connectivity index (χ3v) is 4.63. The first-order chi connectivity index (χ1) is 9.90. The van der Waals surface area contributed by atoms with Gasteiger partial charge in [0.05, 0.1) is 18.4 Å². The van der Waals surface area contributed by atoms with Gasteiger partial charge in [-0.3, -0.25) is 4.90 Å². The van der Waals surface area contributed by atoms with Gasteiger partial charge in [0.1, 0.15) is 5.65 Å². The van der Waals surface area contributed by atoms with E-state index in [0.29, 0.717) is 12.1 Å². The second-order valence-corrected chi connectivity index (χ2v) is 5.93. The highest BCUT2D eigenvalue weighted by Gasteiger charge is 2.34. The number of pyridine rings is 1. The number of hydrogen-bond acceptors (Lipinski definition) is 3. The molecule has 1 aliphatic heterocycles. The van der Waals surface area contributed by atoms with E-state index in [4.69, 9.17) is 9.72 Å². The van der Waals surface area contributed by atoms with Crippen molar-refractivity contribution in [2.45, 2.75) is 44.4 Å². The number of rotatable bonds is 2. The Kier molecular flexibility index (Phi) is 3.20. The molecular weight excluding hydrogens is 250 g/mol. The SMILES string of the molecule is c1ccn2cc(CN3CCOC4CCCCC43)nc2c1. The molecule has 0 bridgehead atoms.